The number of aromatic nitrogens is 2. The average Bonchev–Trinajstić information content (AvgIpc) is 2.45. The van der Waals surface area contributed by atoms with E-state index in [0.717, 1.165) is 5.56 Å². The molecule has 1 heterocycles. The number of aryl methyl sites for hydroxylation is 1. The summed E-state index contributed by atoms with van der Waals surface area (Å²) < 4.78 is 1.64. The van der Waals surface area contributed by atoms with Gasteiger partial charge in [0.1, 0.15) is 5.82 Å². The molecule has 0 fully saturated rings. The fourth-order valence-electron chi connectivity index (χ4n) is 1.57. The van der Waals surface area contributed by atoms with Gasteiger partial charge in [-0.1, -0.05) is 29.8 Å². The second-order valence-corrected chi connectivity index (χ2v) is 3.62. The molecule has 4 heteroatoms. The highest BCUT2D eigenvalue weighted by atomic mass is 16.1. The minimum absolute atomic E-state index is 0.167. The number of nitrogens with zero attached hydrogens (tertiary/aromatic N) is 1. The lowest BCUT2D eigenvalue weighted by molar-refractivity contribution is 0.688. The summed E-state index contributed by atoms with van der Waals surface area (Å²) in [7, 11) is 0. The summed E-state index contributed by atoms with van der Waals surface area (Å²) in [5.41, 5.74) is 7.81. The Hall–Kier alpha value is -1.97. The number of nitrogens with one attached hydrogen (secondary N) is 1. The maximum atomic E-state index is 11.0. The number of H-pyrrole nitrogens is 1. The Morgan fingerprint density at radius 2 is 2.20 bits per heavy atom. The summed E-state index contributed by atoms with van der Waals surface area (Å²) >= 11 is 0. The summed E-state index contributed by atoms with van der Waals surface area (Å²) in [6.45, 7) is 2.63. The van der Waals surface area contributed by atoms with Crippen molar-refractivity contribution in [2.45, 2.75) is 13.5 Å². The van der Waals surface area contributed by atoms with Crippen molar-refractivity contribution in [1.29, 1.82) is 0 Å². The molecule has 0 aliphatic rings. The molecular formula is C11H13N3O. The van der Waals surface area contributed by atoms with Gasteiger partial charge in [-0.05, 0) is 12.5 Å². The van der Waals surface area contributed by atoms with Gasteiger partial charge in [-0.3, -0.25) is 14.6 Å². The first-order valence-corrected chi connectivity index (χ1v) is 4.76. The minimum atomic E-state index is -0.167. The van der Waals surface area contributed by atoms with Crippen molar-refractivity contribution < 1.29 is 0 Å². The molecule has 0 aliphatic carbocycles. The molecule has 0 radical (unpaired) electrons. The molecule has 0 aliphatic heterocycles. The van der Waals surface area contributed by atoms with Crippen LogP contribution in [0.1, 0.15) is 11.1 Å². The third-order valence-electron chi connectivity index (χ3n) is 2.26. The Balaban J connectivity index is 2.29. The Labute approximate surface area is 87.3 Å². The van der Waals surface area contributed by atoms with Gasteiger partial charge in [0.2, 0.25) is 0 Å². The van der Waals surface area contributed by atoms with Crippen LogP contribution < -0.4 is 11.3 Å². The van der Waals surface area contributed by atoms with Crippen molar-refractivity contribution in [3.63, 3.8) is 0 Å². The number of hydrogen-bond donors (Lipinski definition) is 2. The maximum absolute atomic E-state index is 11.0. The molecule has 0 saturated heterocycles. The molecule has 1 aromatic heterocycles. The van der Waals surface area contributed by atoms with Crippen LogP contribution in [0.4, 0.5) is 5.82 Å². The molecule has 2 rings (SSSR count). The van der Waals surface area contributed by atoms with Gasteiger partial charge in [-0.15, -0.1) is 0 Å². The van der Waals surface area contributed by atoms with Crippen LogP contribution in [0.2, 0.25) is 0 Å². The zero-order chi connectivity index (χ0) is 10.8. The van der Waals surface area contributed by atoms with E-state index in [4.69, 9.17) is 5.73 Å². The molecule has 0 amide bonds. The van der Waals surface area contributed by atoms with Crippen molar-refractivity contribution in [3.8, 4) is 0 Å². The third-order valence-corrected chi connectivity index (χ3v) is 2.26. The predicted molar refractivity (Wildman–Crippen MR) is 59.7 cm³/mol. The third kappa shape index (κ3) is 2.10. The monoisotopic (exact) mass is 203 g/mol. The molecule has 0 atom stereocenters. The van der Waals surface area contributed by atoms with Gasteiger partial charge in [-0.2, -0.15) is 0 Å². The van der Waals surface area contributed by atoms with Gasteiger partial charge in [0, 0.05) is 6.07 Å². The number of rotatable bonds is 2. The SMILES string of the molecule is Cc1cccc(Cn2[nH]c(=O)cc2N)c1. The van der Waals surface area contributed by atoms with E-state index in [0.29, 0.717) is 12.4 Å². The quantitative estimate of drug-likeness (QED) is 0.768. The van der Waals surface area contributed by atoms with Crippen LogP contribution in [0.5, 0.6) is 0 Å². The first-order chi connectivity index (χ1) is 7.15. The lowest BCUT2D eigenvalue weighted by Gasteiger charge is -2.05. The standard InChI is InChI=1S/C11H13N3O/c1-8-3-2-4-9(5-8)7-14-10(12)6-11(15)13-14/h2-6H,7,12H2,1H3,(H,13,15). The van der Waals surface area contributed by atoms with E-state index in [1.807, 2.05) is 25.1 Å². The van der Waals surface area contributed by atoms with Crippen molar-refractivity contribution >= 4 is 5.82 Å². The van der Waals surface area contributed by atoms with E-state index >= 15 is 0 Å². The zero-order valence-electron chi connectivity index (χ0n) is 8.53. The Morgan fingerprint density at radius 1 is 1.40 bits per heavy atom. The largest absolute Gasteiger partial charge is 0.384 e. The minimum Gasteiger partial charge on any atom is -0.384 e. The number of nitrogens with two attached hydrogens (primary N) is 1. The number of anilines is 1. The van der Waals surface area contributed by atoms with Gasteiger partial charge in [0.05, 0.1) is 6.54 Å². The second kappa shape index (κ2) is 3.65. The molecule has 0 bridgehead atoms. The van der Waals surface area contributed by atoms with Crippen LogP contribution in [-0.4, -0.2) is 9.78 Å². The number of benzene rings is 1. The molecule has 2 aromatic rings. The first kappa shape index (κ1) is 9.58. The molecule has 15 heavy (non-hydrogen) atoms. The molecular weight excluding hydrogens is 190 g/mol. The van der Waals surface area contributed by atoms with E-state index in [1.165, 1.54) is 11.6 Å². The molecule has 4 nitrogen and oxygen atoms in total. The van der Waals surface area contributed by atoms with Gasteiger partial charge in [0.15, 0.2) is 0 Å². The summed E-state index contributed by atoms with van der Waals surface area (Å²) in [4.78, 5) is 11.0. The highest BCUT2D eigenvalue weighted by Crippen LogP contribution is 2.07. The van der Waals surface area contributed by atoms with E-state index in [2.05, 4.69) is 11.2 Å². The van der Waals surface area contributed by atoms with Gasteiger partial charge in [-0.25, -0.2) is 0 Å². The van der Waals surface area contributed by atoms with Crippen LogP contribution in [0.15, 0.2) is 35.1 Å². The topological polar surface area (TPSA) is 63.8 Å². The van der Waals surface area contributed by atoms with Gasteiger partial charge < -0.3 is 5.73 Å². The predicted octanol–water partition coefficient (Wildman–Crippen LogP) is 1.12. The fourth-order valence-corrected chi connectivity index (χ4v) is 1.57. The Bertz CT molecular complexity index is 525. The lowest BCUT2D eigenvalue weighted by Crippen LogP contribution is -2.08. The Morgan fingerprint density at radius 3 is 2.80 bits per heavy atom. The zero-order valence-corrected chi connectivity index (χ0v) is 8.53. The number of nitrogen functional groups attached to an aromatic ring is 1. The summed E-state index contributed by atoms with van der Waals surface area (Å²) in [5, 5.41) is 2.65. The maximum Gasteiger partial charge on any atom is 0.266 e. The van der Waals surface area contributed by atoms with Gasteiger partial charge in [0.25, 0.3) is 5.56 Å². The highest BCUT2D eigenvalue weighted by Gasteiger charge is 2.00. The molecule has 1 aromatic carbocycles. The van der Waals surface area contributed by atoms with Gasteiger partial charge >= 0.3 is 0 Å². The summed E-state index contributed by atoms with van der Waals surface area (Å²) in [6.07, 6.45) is 0. The number of aromatic amines is 1. The van der Waals surface area contributed by atoms with Crippen LogP contribution >= 0.6 is 0 Å². The average molecular weight is 203 g/mol. The highest BCUT2D eigenvalue weighted by molar-refractivity contribution is 5.29. The van der Waals surface area contributed by atoms with Crippen LogP contribution in [0.25, 0.3) is 0 Å². The smallest absolute Gasteiger partial charge is 0.266 e. The summed E-state index contributed by atoms with van der Waals surface area (Å²) in [5.74, 6) is 0.460. The van der Waals surface area contributed by atoms with Crippen molar-refractivity contribution in [1.82, 2.24) is 9.78 Å². The summed E-state index contributed by atoms with van der Waals surface area (Å²) in [6, 6.07) is 9.48. The first-order valence-electron chi connectivity index (χ1n) is 4.76. The van der Waals surface area contributed by atoms with E-state index in [-0.39, 0.29) is 5.56 Å². The number of hydrogen-bond acceptors (Lipinski definition) is 2. The second-order valence-electron chi connectivity index (χ2n) is 3.62. The van der Waals surface area contributed by atoms with Crippen LogP contribution in [0.3, 0.4) is 0 Å². The Kier molecular flexibility index (Phi) is 2.33. The van der Waals surface area contributed by atoms with Crippen LogP contribution in [0, 0.1) is 6.92 Å². The van der Waals surface area contributed by atoms with Crippen molar-refractivity contribution in [3.05, 3.63) is 51.8 Å². The lowest BCUT2D eigenvalue weighted by atomic mass is 10.1. The molecule has 0 unspecified atom stereocenters. The molecule has 0 spiro atoms. The normalized spacial score (nSPS) is 10.5. The van der Waals surface area contributed by atoms with Crippen molar-refractivity contribution in [2.75, 3.05) is 5.73 Å². The fraction of sp³-hybridized carbons (Fsp3) is 0.182. The van der Waals surface area contributed by atoms with Crippen LogP contribution in [-0.2, 0) is 6.54 Å². The molecule has 78 valence electrons. The van der Waals surface area contributed by atoms with E-state index in [9.17, 15) is 4.79 Å². The van der Waals surface area contributed by atoms with E-state index in [1.54, 1.807) is 4.68 Å². The molecule has 3 N–H and O–H groups in total. The van der Waals surface area contributed by atoms with E-state index < -0.39 is 0 Å². The molecule has 0 saturated carbocycles. The van der Waals surface area contributed by atoms with Crippen molar-refractivity contribution in [2.24, 2.45) is 0 Å².